The van der Waals surface area contributed by atoms with E-state index in [2.05, 4.69) is 35.8 Å². The highest BCUT2D eigenvalue weighted by Crippen LogP contribution is 2.19. The second kappa shape index (κ2) is 6.65. The van der Waals surface area contributed by atoms with Gasteiger partial charge in [0.25, 0.3) is 0 Å². The Labute approximate surface area is 132 Å². The minimum absolute atomic E-state index is 0.0214. The van der Waals surface area contributed by atoms with Gasteiger partial charge in [-0.2, -0.15) is 0 Å². The third-order valence-electron chi connectivity index (χ3n) is 3.57. The summed E-state index contributed by atoms with van der Waals surface area (Å²) in [5.74, 6) is 0.0214. The Morgan fingerprint density at radius 2 is 1.55 bits per heavy atom. The van der Waals surface area contributed by atoms with E-state index in [0.29, 0.717) is 0 Å². The Bertz CT molecular complexity index is 639. The summed E-state index contributed by atoms with van der Waals surface area (Å²) in [6.07, 6.45) is 0. The minimum Gasteiger partial charge on any atom is -0.381 e. The van der Waals surface area contributed by atoms with Crippen LogP contribution >= 0.6 is 0 Å². The molecule has 3 nitrogen and oxygen atoms in total. The molecule has 2 N–H and O–H groups in total. The molecule has 2 aromatic carbocycles. The van der Waals surface area contributed by atoms with Crippen LogP contribution in [-0.2, 0) is 11.3 Å². The fourth-order valence-electron chi connectivity index (χ4n) is 2.00. The van der Waals surface area contributed by atoms with Crippen molar-refractivity contribution in [3.05, 3.63) is 59.7 Å². The van der Waals surface area contributed by atoms with Gasteiger partial charge in [-0.1, -0.05) is 45.0 Å². The average molecular weight is 296 g/mol. The number of amides is 1. The van der Waals surface area contributed by atoms with Gasteiger partial charge in [-0.25, -0.2) is 0 Å². The van der Waals surface area contributed by atoms with Crippen LogP contribution in [0.2, 0.25) is 0 Å². The van der Waals surface area contributed by atoms with Gasteiger partial charge in [0.2, 0.25) is 5.91 Å². The molecule has 2 aromatic rings. The fraction of sp³-hybridized carbons (Fsp3) is 0.316. The van der Waals surface area contributed by atoms with Gasteiger partial charge in [-0.3, -0.25) is 4.79 Å². The molecule has 3 heteroatoms. The number of anilines is 2. The molecule has 0 saturated heterocycles. The van der Waals surface area contributed by atoms with Gasteiger partial charge in [-0.15, -0.1) is 0 Å². The second-order valence-corrected chi connectivity index (χ2v) is 6.56. The van der Waals surface area contributed by atoms with Crippen LogP contribution in [-0.4, -0.2) is 5.91 Å². The summed E-state index contributed by atoms with van der Waals surface area (Å²) in [5.41, 5.74) is 4.04. The lowest BCUT2D eigenvalue weighted by Gasteiger charge is -2.18. The molecule has 0 radical (unpaired) electrons. The van der Waals surface area contributed by atoms with Crippen LogP contribution in [0, 0.1) is 12.3 Å². The van der Waals surface area contributed by atoms with Crippen molar-refractivity contribution in [1.82, 2.24) is 0 Å². The maximum absolute atomic E-state index is 11.9. The van der Waals surface area contributed by atoms with Crippen LogP contribution in [0.1, 0.15) is 31.9 Å². The van der Waals surface area contributed by atoms with E-state index in [1.165, 1.54) is 11.1 Å². The summed E-state index contributed by atoms with van der Waals surface area (Å²) in [6, 6.07) is 16.1. The largest absolute Gasteiger partial charge is 0.381 e. The smallest absolute Gasteiger partial charge is 0.229 e. The molecule has 0 aromatic heterocycles. The van der Waals surface area contributed by atoms with Crippen molar-refractivity contribution in [2.45, 2.75) is 34.2 Å². The van der Waals surface area contributed by atoms with Crippen LogP contribution < -0.4 is 10.6 Å². The molecule has 116 valence electrons. The zero-order valence-corrected chi connectivity index (χ0v) is 13.7. The average Bonchev–Trinajstić information content (AvgIpc) is 2.47. The van der Waals surface area contributed by atoms with Crippen molar-refractivity contribution in [3.63, 3.8) is 0 Å². The first-order valence-electron chi connectivity index (χ1n) is 7.56. The van der Waals surface area contributed by atoms with Crippen molar-refractivity contribution in [2.24, 2.45) is 5.41 Å². The highest BCUT2D eigenvalue weighted by Gasteiger charge is 2.20. The van der Waals surface area contributed by atoms with Crippen molar-refractivity contribution < 1.29 is 4.79 Å². The molecule has 0 fully saturated rings. The lowest BCUT2D eigenvalue weighted by molar-refractivity contribution is -0.123. The van der Waals surface area contributed by atoms with E-state index in [0.717, 1.165) is 17.9 Å². The van der Waals surface area contributed by atoms with E-state index < -0.39 is 0 Å². The first-order chi connectivity index (χ1) is 10.4. The summed E-state index contributed by atoms with van der Waals surface area (Å²) in [6.45, 7) is 8.61. The summed E-state index contributed by atoms with van der Waals surface area (Å²) in [5, 5.41) is 6.33. The molecule has 2 rings (SSSR count). The Kier molecular flexibility index (Phi) is 4.86. The molecular weight excluding hydrogens is 272 g/mol. The van der Waals surface area contributed by atoms with Crippen LogP contribution in [0.5, 0.6) is 0 Å². The van der Waals surface area contributed by atoms with Crippen molar-refractivity contribution >= 4 is 17.3 Å². The number of carbonyl (C=O) groups excluding carboxylic acids is 1. The molecule has 0 saturated carbocycles. The number of carbonyl (C=O) groups is 1. The highest BCUT2D eigenvalue weighted by atomic mass is 16.2. The number of nitrogens with one attached hydrogen (secondary N) is 2. The van der Waals surface area contributed by atoms with Gasteiger partial charge in [0.15, 0.2) is 0 Å². The number of benzene rings is 2. The van der Waals surface area contributed by atoms with Crippen molar-refractivity contribution in [1.29, 1.82) is 0 Å². The molecule has 0 atom stereocenters. The molecule has 0 unspecified atom stereocenters. The molecule has 0 aliphatic rings. The first kappa shape index (κ1) is 16.1. The number of hydrogen-bond donors (Lipinski definition) is 2. The zero-order chi connectivity index (χ0) is 16.2. The molecule has 0 aliphatic heterocycles. The standard InChI is InChI=1S/C19H24N2O/c1-14-7-5-6-8-15(14)13-20-16-9-11-17(12-10-16)21-18(22)19(2,3)4/h5-12,20H,13H2,1-4H3,(H,21,22). The highest BCUT2D eigenvalue weighted by molar-refractivity contribution is 5.94. The van der Waals surface area contributed by atoms with E-state index in [4.69, 9.17) is 0 Å². The van der Waals surface area contributed by atoms with E-state index in [9.17, 15) is 4.79 Å². The Balaban J connectivity index is 1.95. The van der Waals surface area contributed by atoms with Crippen molar-refractivity contribution in [2.75, 3.05) is 10.6 Å². The molecule has 0 bridgehead atoms. The van der Waals surface area contributed by atoms with Crippen LogP contribution in [0.4, 0.5) is 11.4 Å². The van der Waals surface area contributed by atoms with E-state index in [-0.39, 0.29) is 11.3 Å². The summed E-state index contributed by atoms with van der Waals surface area (Å²) in [4.78, 5) is 11.9. The van der Waals surface area contributed by atoms with Gasteiger partial charge < -0.3 is 10.6 Å². The van der Waals surface area contributed by atoms with Crippen molar-refractivity contribution in [3.8, 4) is 0 Å². The third kappa shape index (κ3) is 4.35. The van der Waals surface area contributed by atoms with E-state index in [1.807, 2.05) is 51.1 Å². The first-order valence-corrected chi connectivity index (χ1v) is 7.56. The van der Waals surface area contributed by atoms with Gasteiger partial charge in [-0.05, 0) is 42.3 Å². The van der Waals surface area contributed by atoms with Gasteiger partial charge in [0.05, 0.1) is 0 Å². The predicted molar refractivity (Wildman–Crippen MR) is 93.0 cm³/mol. The van der Waals surface area contributed by atoms with E-state index >= 15 is 0 Å². The molecule has 0 aliphatic carbocycles. The molecular formula is C19H24N2O. The summed E-state index contributed by atoms with van der Waals surface area (Å²) < 4.78 is 0. The Hall–Kier alpha value is -2.29. The SMILES string of the molecule is Cc1ccccc1CNc1ccc(NC(=O)C(C)(C)C)cc1. The number of aryl methyl sites for hydroxylation is 1. The zero-order valence-electron chi connectivity index (χ0n) is 13.7. The van der Waals surface area contributed by atoms with Gasteiger partial charge in [0.1, 0.15) is 0 Å². The van der Waals surface area contributed by atoms with E-state index in [1.54, 1.807) is 0 Å². The normalized spacial score (nSPS) is 11.1. The maximum Gasteiger partial charge on any atom is 0.229 e. The molecule has 22 heavy (non-hydrogen) atoms. The maximum atomic E-state index is 11.9. The Morgan fingerprint density at radius 3 is 2.14 bits per heavy atom. The minimum atomic E-state index is -0.387. The number of rotatable bonds is 4. The van der Waals surface area contributed by atoms with Crippen LogP contribution in [0.3, 0.4) is 0 Å². The quantitative estimate of drug-likeness (QED) is 0.866. The van der Waals surface area contributed by atoms with Gasteiger partial charge >= 0.3 is 0 Å². The summed E-state index contributed by atoms with van der Waals surface area (Å²) in [7, 11) is 0. The van der Waals surface area contributed by atoms with Crippen LogP contribution in [0.25, 0.3) is 0 Å². The molecule has 1 amide bonds. The topological polar surface area (TPSA) is 41.1 Å². The molecule has 0 heterocycles. The molecule has 0 spiro atoms. The number of hydrogen-bond acceptors (Lipinski definition) is 2. The lowest BCUT2D eigenvalue weighted by Crippen LogP contribution is -2.27. The second-order valence-electron chi connectivity index (χ2n) is 6.56. The third-order valence-corrected chi connectivity index (χ3v) is 3.57. The summed E-state index contributed by atoms with van der Waals surface area (Å²) >= 11 is 0. The predicted octanol–water partition coefficient (Wildman–Crippen LogP) is 4.59. The van der Waals surface area contributed by atoms with Gasteiger partial charge in [0, 0.05) is 23.3 Å². The Morgan fingerprint density at radius 1 is 0.955 bits per heavy atom. The monoisotopic (exact) mass is 296 g/mol. The van der Waals surface area contributed by atoms with Crippen LogP contribution in [0.15, 0.2) is 48.5 Å². The fourth-order valence-corrected chi connectivity index (χ4v) is 2.00. The lowest BCUT2D eigenvalue weighted by atomic mass is 9.95.